The summed E-state index contributed by atoms with van der Waals surface area (Å²) in [5.41, 5.74) is -20.3. The van der Waals surface area contributed by atoms with Crippen LogP contribution in [0.1, 0.15) is 11.1 Å². The summed E-state index contributed by atoms with van der Waals surface area (Å²) in [6, 6.07) is 25.1. The summed E-state index contributed by atoms with van der Waals surface area (Å²) in [7, 11) is 0. The molecule has 7 aromatic carbocycles. The van der Waals surface area contributed by atoms with Gasteiger partial charge in [-0.2, -0.15) is 0 Å². The van der Waals surface area contributed by atoms with E-state index in [1.807, 2.05) is 12.1 Å². The van der Waals surface area contributed by atoms with Crippen LogP contribution in [0.4, 0.5) is 87.8 Å². The van der Waals surface area contributed by atoms with Crippen molar-refractivity contribution in [1.82, 2.24) is 0 Å². The van der Waals surface area contributed by atoms with E-state index in [-0.39, 0.29) is 24.3 Å². The van der Waals surface area contributed by atoms with Gasteiger partial charge in [-0.1, -0.05) is 103 Å². The second-order valence-electron chi connectivity index (χ2n) is 15.1. The van der Waals surface area contributed by atoms with Gasteiger partial charge >= 0.3 is 0 Å². The van der Waals surface area contributed by atoms with Crippen LogP contribution in [0.15, 0.2) is 154 Å². The minimum Gasteiger partial charge on any atom is -0.233 e. The van der Waals surface area contributed by atoms with Gasteiger partial charge in [-0.05, 0) is 35.1 Å². The van der Waals surface area contributed by atoms with E-state index >= 15 is 74.6 Å². The Morgan fingerprint density at radius 1 is 0.286 bits per heavy atom. The normalized spacial score (nSPS) is 17.2. The van der Waals surface area contributed by atoms with Crippen LogP contribution in [0.25, 0.3) is 0 Å². The van der Waals surface area contributed by atoms with Crippen LogP contribution in [0.5, 0.6) is 0 Å². The van der Waals surface area contributed by atoms with E-state index in [4.69, 9.17) is 0 Å². The molecule has 0 aliphatic heterocycles. The van der Waals surface area contributed by atoms with E-state index < -0.39 is 155 Å². The van der Waals surface area contributed by atoms with Crippen molar-refractivity contribution in [3.63, 3.8) is 0 Å². The van der Waals surface area contributed by atoms with Crippen LogP contribution in [0, 0.1) is 87.3 Å². The summed E-state index contributed by atoms with van der Waals surface area (Å²) in [6.07, 6.45) is -7.57. The quantitative estimate of drug-likeness (QED) is 0.0355. The summed E-state index contributed by atoms with van der Waals surface area (Å²) in [6.45, 7) is 0. The Balaban J connectivity index is 0.000000476. The topological polar surface area (TPSA) is 0 Å². The number of alkyl halides is 1. The van der Waals surface area contributed by atoms with Crippen LogP contribution in [-0.2, 0) is 22.7 Å². The highest BCUT2D eigenvalue weighted by Gasteiger charge is 2.73. The first-order valence-electron chi connectivity index (χ1n) is 19.5. The van der Waals surface area contributed by atoms with E-state index in [2.05, 4.69) is 48.5 Å². The molecule has 0 bridgehead atoms. The van der Waals surface area contributed by atoms with Crippen LogP contribution in [0.2, 0.25) is 0 Å². The smallest absolute Gasteiger partial charge is 0.200 e. The minimum atomic E-state index is -7.57. The largest absolute Gasteiger partial charge is 0.233 e. The number of hydrogen-bond donors (Lipinski definition) is 0. The minimum absolute atomic E-state index is 0.0429. The third-order valence-electron chi connectivity index (χ3n) is 11.6. The van der Waals surface area contributed by atoms with Gasteiger partial charge in [-0.15, -0.1) is 16.4 Å². The fourth-order valence-corrected chi connectivity index (χ4v) is 9.81. The molecular weight excluding hydrogens is 999 g/mol. The summed E-state index contributed by atoms with van der Waals surface area (Å²) >= 11 is 1.28. The first-order valence-corrected chi connectivity index (χ1v) is 20.4. The lowest BCUT2D eigenvalue weighted by molar-refractivity contribution is 0.0935. The highest BCUT2D eigenvalue weighted by Crippen LogP contribution is 2.64. The second-order valence-corrected chi connectivity index (χ2v) is 16.3. The summed E-state index contributed by atoms with van der Waals surface area (Å²) < 4.78 is 321. The van der Waals surface area contributed by atoms with Crippen molar-refractivity contribution < 1.29 is 87.8 Å². The standard InChI is InChI=1S/C36H10BF20.C12H10S/c38-16-13(17(39)23(45)28(50)22(16)44)37(14-18(40)24(46)29(51)25(47)19(14)41,15-20(42)26(48)30(52)27(49)21(15)43)35(11-7-3-1-4-8-11)33(55)31(53)32(54)34(56)36(35,57)12-9-5-2-6-10-12;1-3-7-11(8-4-1)13-12-9-5-2-6-10-12/h1-10H;1-10H/q-1;/p+1. The molecule has 0 fully saturated rings. The SMILES string of the molecule is FC1=C(F)C(F)(c2ccccc2)C(c2ccccc2)([B-](c2c(F)c(F)c(F)c(F)c2F)(c2c(F)c(F)c(F)c(F)c2F)c2c(F)c(F)c(F)c(F)c2F)C(F)=C1F.c1ccc([SH+]c2ccccc2)cc1. The Labute approximate surface area is 385 Å². The van der Waals surface area contributed by atoms with Gasteiger partial charge in [0.2, 0.25) is 0 Å². The van der Waals surface area contributed by atoms with Crippen LogP contribution >= 0.6 is 0 Å². The molecule has 0 N–H and O–H groups in total. The Morgan fingerprint density at radius 2 is 0.529 bits per heavy atom. The van der Waals surface area contributed by atoms with E-state index in [9.17, 15) is 13.2 Å². The molecule has 2 unspecified atom stereocenters. The predicted molar refractivity (Wildman–Crippen MR) is 217 cm³/mol. The zero-order valence-corrected chi connectivity index (χ0v) is 35.0. The number of benzene rings is 7. The molecule has 362 valence electrons. The van der Waals surface area contributed by atoms with Gasteiger partial charge in [0.25, 0.3) is 0 Å². The third-order valence-corrected chi connectivity index (χ3v) is 12.7. The highest BCUT2D eigenvalue weighted by molar-refractivity contribution is 7.78. The Kier molecular flexibility index (Phi) is 13.9. The van der Waals surface area contributed by atoms with Crippen molar-refractivity contribution in [2.75, 3.05) is 0 Å². The molecule has 0 spiro atoms. The molecule has 2 atom stereocenters. The molecule has 0 aromatic heterocycles. The molecule has 70 heavy (non-hydrogen) atoms. The van der Waals surface area contributed by atoms with Crippen molar-refractivity contribution in [3.05, 3.63) is 243 Å². The van der Waals surface area contributed by atoms with Crippen molar-refractivity contribution >= 4 is 34.3 Å². The van der Waals surface area contributed by atoms with Gasteiger partial charge in [0.05, 0.1) is 0 Å². The number of halogens is 20. The first kappa shape index (κ1) is 50.9. The number of rotatable bonds is 8. The Bertz CT molecular complexity index is 2950. The maximum atomic E-state index is 18.9. The second kappa shape index (κ2) is 19.1. The van der Waals surface area contributed by atoms with E-state index in [0.29, 0.717) is 24.3 Å². The zero-order valence-electron chi connectivity index (χ0n) is 34.1. The van der Waals surface area contributed by atoms with Crippen molar-refractivity contribution in [2.24, 2.45) is 0 Å². The highest BCUT2D eigenvalue weighted by atomic mass is 32.2. The number of allylic oxidation sites excluding steroid dienone is 4. The summed E-state index contributed by atoms with van der Waals surface area (Å²) in [4.78, 5) is 2.68. The van der Waals surface area contributed by atoms with Crippen molar-refractivity contribution in [2.45, 2.75) is 20.8 Å². The van der Waals surface area contributed by atoms with Gasteiger partial charge in [0.15, 0.2) is 85.3 Å². The van der Waals surface area contributed by atoms with Gasteiger partial charge in [0, 0.05) is 11.8 Å². The summed E-state index contributed by atoms with van der Waals surface area (Å²) in [5.74, 6) is -68.0. The van der Waals surface area contributed by atoms with Crippen molar-refractivity contribution in [1.29, 1.82) is 0 Å². The first-order chi connectivity index (χ1) is 33.1. The third kappa shape index (κ3) is 7.35. The Morgan fingerprint density at radius 3 is 0.829 bits per heavy atom. The molecule has 8 rings (SSSR count). The molecule has 0 saturated carbocycles. The van der Waals surface area contributed by atoms with Gasteiger partial charge in [-0.25, -0.2) is 87.8 Å². The van der Waals surface area contributed by atoms with Gasteiger partial charge in [-0.3, -0.25) is 0 Å². The average Bonchev–Trinajstić information content (AvgIpc) is 3.37. The van der Waals surface area contributed by atoms with Crippen LogP contribution < -0.4 is 16.4 Å². The molecule has 7 aromatic rings. The monoisotopic (exact) mass is 1020 g/mol. The van der Waals surface area contributed by atoms with Crippen LogP contribution in [0.3, 0.4) is 0 Å². The number of hydrogen-bond acceptors (Lipinski definition) is 0. The average molecular weight is 1020 g/mol. The maximum absolute atomic E-state index is 18.9. The van der Waals surface area contributed by atoms with E-state index in [1.54, 1.807) is 0 Å². The molecule has 1 aliphatic carbocycles. The van der Waals surface area contributed by atoms with E-state index in [0.717, 1.165) is 12.1 Å². The number of thiol groups is 1. The fraction of sp³-hybridized carbons (Fsp3) is 0.0417. The lowest BCUT2D eigenvalue weighted by atomic mass is 9.03. The molecule has 22 heteroatoms. The lowest BCUT2D eigenvalue weighted by Gasteiger charge is -2.63. The summed E-state index contributed by atoms with van der Waals surface area (Å²) in [5, 5.41) is -5.73. The van der Waals surface area contributed by atoms with Gasteiger partial charge < -0.3 is 0 Å². The molecular formula is C48H21BF20S. The maximum Gasteiger partial charge on any atom is 0.200 e. The Hall–Kier alpha value is -6.97. The zero-order chi connectivity index (χ0) is 51.4. The molecule has 0 radical (unpaired) electrons. The molecule has 1 aliphatic rings. The molecule has 0 nitrogen and oxygen atoms in total. The molecule has 0 heterocycles. The van der Waals surface area contributed by atoms with Crippen LogP contribution in [-0.4, -0.2) is 6.15 Å². The predicted octanol–water partition coefficient (Wildman–Crippen LogP) is 12.8. The molecule has 0 amide bonds. The molecule has 0 saturated heterocycles. The fourth-order valence-electron chi connectivity index (χ4n) is 8.87. The van der Waals surface area contributed by atoms with Gasteiger partial charge in [0.1, 0.15) is 46.9 Å². The van der Waals surface area contributed by atoms with E-state index in [1.165, 1.54) is 21.6 Å². The lowest BCUT2D eigenvalue weighted by Crippen LogP contribution is -2.86. The van der Waals surface area contributed by atoms with Crippen molar-refractivity contribution in [3.8, 4) is 0 Å².